The van der Waals surface area contributed by atoms with Crippen LogP contribution in [0.4, 0.5) is 6.01 Å². The summed E-state index contributed by atoms with van der Waals surface area (Å²) in [5.74, 6) is 0.882. The first-order valence-corrected chi connectivity index (χ1v) is 11.9. The molecular weight excluding hydrogens is 450 g/mol. The molecule has 1 saturated heterocycles. The number of nitrogens with zero attached hydrogens (tertiary/aromatic N) is 4. The van der Waals surface area contributed by atoms with Gasteiger partial charge in [-0.05, 0) is 61.6 Å². The average Bonchev–Trinajstić information content (AvgIpc) is 3.25. The van der Waals surface area contributed by atoms with Crippen LogP contribution in [-0.4, -0.2) is 44.9 Å². The molecule has 174 valence electrons. The number of nitrogens with one attached hydrogen (secondary N) is 1. The van der Waals surface area contributed by atoms with Crippen LogP contribution in [0.2, 0.25) is 5.02 Å². The minimum Gasteiger partial charge on any atom is -0.424 e. The van der Waals surface area contributed by atoms with Crippen molar-refractivity contribution in [3.63, 3.8) is 0 Å². The molecule has 1 fully saturated rings. The number of aromatic nitrogens is 3. The summed E-state index contributed by atoms with van der Waals surface area (Å²) in [5, 5.41) is 3.92. The molecule has 1 N–H and O–H groups in total. The molecule has 1 aliphatic heterocycles. The standard InChI is InChI=1S/C26H26ClN5O2/c1-16-7-4-13-32(21(16)15-30-26-31-20-14-18(27)9-10-22(20)34-26)25(33)19-8-3-6-17(2)23(19)24-28-11-5-12-29-24/h3,5-6,8-12,14,16,21H,4,7,13,15H2,1-2H3,(H,30,31)/t16-,21-/m1/s1. The number of aryl methyl sites for hydroxylation is 1. The third kappa shape index (κ3) is 4.35. The maximum Gasteiger partial charge on any atom is 0.295 e. The highest BCUT2D eigenvalue weighted by Crippen LogP contribution is 2.30. The van der Waals surface area contributed by atoms with Gasteiger partial charge in [0, 0.05) is 36.1 Å². The third-order valence-electron chi connectivity index (χ3n) is 6.48. The van der Waals surface area contributed by atoms with Crippen molar-refractivity contribution >= 4 is 34.6 Å². The first kappa shape index (κ1) is 22.3. The highest BCUT2D eigenvalue weighted by molar-refractivity contribution is 6.31. The van der Waals surface area contributed by atoms with Gasteiger partial charge in [0.15, 0.2) is 11.4 Å². The fourth-order valence-corrected chi connectivity index (χ4v) is 4.87. The summed E-state index contributed by atoms with van der Waals surface area (Å²) in [5.41, 5.74) is 3.76. The largest absolute Gasteiger partial charge is 0.424 e. The van der Waals surface area contributed by atoms with Gasteiger partial charge in [-0.15, -0.1) is 0 Å². The maximum absolute atomic E-state index is 13.9. The molecule has 2 atom stereocenters. The molecule has 4 aromatic rings. The zero-order valence-electron chi connectivity index (χ0n) is 19.2. The predicted molar refractivity (Wildman–Crippen MR) is 133 cm³/mol. The number of benzene rings is 2. The third-order valence-corrected chi connectivity index (χ3v) is 6.72. The lowest BCUT2D eigenvalue weighted by Crippen LogP contribution is -2.51. The van der Waals surface area contributed by atoms with E-state index in [-0.39, 0.29) is 11.9 Å². The molecular formula is C26H26ClN5O2. The Hall–Kier alpha value is -3.45. The molecule has 0 bridgehead atoms. The van der Waals surface area contributed by atoms with Crippen LogP contribution in [0.25, 0.3) is 22.5 Å². The molecule has 1 aliphatic rings. The number of halogens is 1. The van der Waals surface area contributed by atoms with Gasteiger partial charge in [0.05, 0.1) is 11.6 Å². The summed E-state index contributed by atoms with van der Waals surface area (Å²) in [6.07, 6.45) is 5.42. The molecule has 8 heteroatoms. The van der Waals surface area contributed by atoms with Crippen molar-refractivity contribution in [1.29, 1.82) is 0 Å². The van der Waals surface area contributed by atoms with E-state index in [0.717, 1.165) is 24.0 Å². The molecule has 0 saturated carbocycles. The van der Waals surface area contributed by atoms with Gasteiger partial charge in [0.1, 0.15) is 5.52 Å². The Kier molecular flexibility index (Phi) is 6.20. The molecule has 2 aromatic heterocycles. The Morgan fingerprint density at radius 2 is 2.03 bits per heavy atom. The van der Waals surface area contributed by atoms with E-state index >= 15 is 0 Å². The smallest absolute Gasteiger partial charge is 0.295 e. The molecule has 0 aliphatic carbocycles. The van der Waals surface area contributed by atoms with E-state index in [0.29, 0.717) is 52.5 Å². The van der Waals surface area contributed by atoms with E-state index in [4.69, 9.17) is 16.0 Å². The first-order valence-electron chi connectivity index (χ1n) is 11.5. The number of hydrogen-bond acceptors (Lipinski definition) is 6. The molecule has 3 heterocycles. The fourth-order valence-electron chi connectivity index (χ4n) is 4.71. The Balaban J connectivity index is 1.42. The van der Waals surface area contributed by atoms with Crippen molar-refractivity contribution in [2.45, 2.75) is 32.7 Å². The predicted octanol–water partition coefficient (Wildman–Crippen LogP) is 5.60. The second-order valence-corrected chi connectivity index (χ2v) is 9.20. The summed E-state index contributed by atoms with van der Waals surface area (Å²) >= 11 is 6.07. The van der Waals surface area contributed by atoms with Crippen LogP contribution >= 0.6 is 11.6 Å². The molecule has 7 nitrogen and oxygen atoms in total. The van der Waals surface area contributed by atoms with Crippen LogP contribution < -0.4 is 5.32 Å². The number of oxazole rings is 1. The van der Waals surface area contributed by atoms with Crippen LogP contribution in [0, 0.1) is 12.8 Å². The highest BCUT2D eigenvalue weighted by atomic mass is 35.5. The van der Waals surface area contributed by atoms with Gasteiger partial charge < -0.3 is 14.6 Å². The molecule has 2 aromatic carbocycles. The number of carbonyl (C=O) groups excluding carboxylic acids is 1. The van der Waals surface area contributed by atoms with Gasteiger partial charge in [-0.25, -0.2) is 9.97 Å². The van der Waals surface area contributed by atoms with Gasteiger partial charge in [-0.1, -0.05) is 30.7 Å². The van der Waals surface area contributed by atoms with Crippen molar-refractivity contribution < 1.29 is 9.21 Å². The normalized spacial score (nSPS) is 18.3. The van der Waals surface area contributed by atoms with E-state index in [1.807, 2.05) is 30.0 Å². The van der Waals surface area contributed by atoms with Crippen LogP contribution in [-0.2, 0) is 0 Å². The minimum atomic E-state index is -0.00935. The van der Waals surface area contributed by atoms with Gasteiger partial charge in [-0.2, -0.15) is 4.98 Å². The topological polar surface area (TPSA) is 84.2 Å². The van der Waals surface area contributed by atoms with Crippen LogP contribution in [0.5, 0.6) is 0 Å². The highest BCUT2D eigenvalue weighted by Gasteiger charge is 2.34. The van der Waals surface area contributed by atoms with Gasteiger partial charge in [-0.3, -0.25) is 4.79 Å². The van der Waals surface area contributed by atoms with Gasteiger partial charge in [0.25, 0.3) is 11.9 Å². The minimum absolute atomic E-state index is 0.00569. The lowest BCUT2D eigenvalue weighted by Gasteiger charge is -2.40. The molecule has 0 spiro atoms. The summed E-state index contributed by atoms with van der Waals surface area (Å²) in [4.78, 5) is 29.2. The second-order valence-electron chi connectivity index (χ2n) is 8.77. The zero-order valence-corrected chi connectivity index (χ0v) is 19.9. The number of anilines is 1. The van der Waals surface area contributed by atoms with E-state index in [2.05, 4.69) is 27.2 Å². The Labute approximate surface area is 203 Å². The zero-order chi connectivity index (χ0) is 23.7. The quantitative estimate of drug-likeness (QED) is 0.404. The summed E-state index contributed by atoms with van der Waals surface area (Å²) < 4.78 is 5.82. The lowest BCUT2D eigenvalue weighted by molar-refractivity contribution is 0.0540. The Morgan fingerprint density at radius 3 is 2.85 bits per heavy atom. The van der Waals surface area contributed by atoms with Crippen LogP contribution in [0.3, 0.4) is 0 Å². The van der Waals surface area contributed by atoms with Crippen molar-refractivity contribution in [2.75, 3.05) is 18.4 Å². The summed E-state index contributed by atoms with van der Waals surface area (Å²) in [6, 6.07) is 13.3. The van der Waals surface area contributed by atoms with Crippen molar-refractivity contribution in [3.05, 3.63) is 71.0 Å². The number of rotatable bonds is 5. The molecule has 1 amide bonds. The SMILES string of the molecule is Cc1cccc(C(=O)N2CCC[C@@H](C)[C@H]2CNc2nc3cc(Cl)ccc3o2)c1-c1ncccn1. The maximum atomic E-state index is 13.9. The van der Waals surface area contributed by atoms with Crippen molar-refractivity contribution in [1.82, 2.24) is 19.9 Å². The van der Waals surface area contributed by atoms with Gasteiger partial charge in [0.2, 0.25) is 0 Å². The molecule has 0 radical (unpaired) electrons. The fraction of sp³-hybridized carbons (Fsp3) is 0.308. The second kappa shape index (κ2) is 9.43. The van der Waals surface area contributed by atoms with E-state index in [9.17, 15) is 4.79 Å². The van der Waals surface area contributed by atoms with Gasteiger partial charge >= 0.3 is 0 Å². The average molecular weight is 476 g/mol. The summed E-state index contributed by atoms with van der Waals surface area (Å²) in [6.45, 7) is 5.41. The number of fused-ring (bicyclic) bond motifs is 1. The van der Waals surface area contributed by atoms with E-state index in [1.54, 1.807) is 36.7 Å². The van der Waals surface area contributed by atoms with Crippen molar-refractivity contribution in [3.8, 4) is 11.4 Å². The summed E-state index contributed by atoms with van der Waals surface area (Å²) in [7, 11) is 0. The number of carbonyl (C=O) groups is 1. The van der Waals surface area contributed by atoms with E-state index in [1.165, 1.54) is 0 Å². The molecule has 5 rings (SSSR count). The lowest BCUT2D eigenvalue weighted by atomic mass is 9.89. The first-order chi connectivity index (χ1) is 16.5. The molecule has 34 heavy (non-hydrogen) atoms. The molecule has 0 unspecified atom stereocenters. The number of likely N-dealkylation sites (tertiary alicyclic amines) is 1. The Morgan fingerprint density at radius 1 is 1.21 bits per heavy atom. The monoisotopic (exact) mass is 475 g/mol. The number of piperidine rings is 1. The van der Waals surface area contributed by atoms with Crippen LogP contribution in [0.1, 0.15) is 35.7 Å². The van der Waals surface area contributed by atoms with Crippen LogP contribution in [0.15, 0.2) is 59.3 Å². The Bertz CT molecular complexity index is 1320. The van der Waals surface area contributed by atoms with E-state index < -0.39 is 0 Å². The number of amides is 1. The number of hydrogen-bond donors (Lipinski definition) is 1. The van der Waals surface area contributed by atoms with Crippen molar-refractivity contribution in [2.24, 2.45) is 5.92 Å².